The van der Waals surface area contributed by atoms with E-state index in [1.54, 1.807) is 0 Å². The van der Waals surface area contributed by atoms with Gasteiger partial charge in [0.2, 0.25) is 0 Å². The van der Waals surface area contributed by atoms with Crippen LogP contribution in [0.2, 0.25) is 0 Å². The van der Waals surface area contributed by atoms with Crippen LogP contribution in [0.3, 0.4) is 0 Å². The summed E-state index contributed by atoms with van der Waals surface area (Å²) in [7, 11) is 0. The monoisotopic (exact) mass is 182 g/mol. The van der Waals surface area contributed by atoms with Crippen LogP contribution in [0.15, 0.2) is 0 Å². The van der Waals surface area contributed by atoms with E-state index in [0.717, 1.165) is 31.0 Å². The number of nitrogens with two attached hydrogens (primary N) is 1. The summed E-state index contributed by atoms with van der Waals surface area (Å²) in [5, 5.41) is 8.12. The summed E-state index contributed by atoms with van der Waals surface area (Å²) < 4.78 is 2.07. The largest absolute Gasteiger partial charge is 0.321 e. The highest BCUT2D eigenvalue weighted by atomic mass is 15.3. The number of nitrogens with zero attached hydrogens (tertiary/aromatic N) is 3. The molecule has 0 saturated heterocycles. The van der Waals surface area contributed by atoms with Crippen molar-refractivity contribution in [1.29, 1.82) is 0 Å². The SMILES string of the molecule is CCC[C@@H](N)c1nnc(C)n1CC. The molecule has 0 bridgehead atoms. The van der Waals surface area contributed by atoms with Crippen molar-refractivity contribution < 1.29 is 0 Å². The highest BCUT2D eigenvalue weighted by Crippen LogP contribution is 2.14. The van der Waals surface area contributed by atoms with Gasteiger partial charge in [0.1, 0.15) is 11.6 Å². The Morgan fingerprint density at radius 1 is 1.38 bits per heavy atom. The summed E-state index contributed by atoms with van der Waals surface area (Å²) in [4.78, 5) is 0. The van der Waals surface area contributed by atoms with Crippen molar-refractivity contribution in [1.82, 2.24) is 14.8 Å². The zero-order chi connectivity index (χ0) is 9.84. The maximum atomic E-state index is 5.97. The molecule has 0 radical (unpaired) electrons. The molecule has 1 aromatic heterocycles. The van der Waals surface area contributed by atoms with Gasteiger partial charge in [0.15, 0.2) is 0 Å². The summed E-state index contributed by atoms with van der Waals surface area (Å²) in [6, 6.07) is 0.0335. The first-order valence-corrected chi connectivity index (χ1v) is 4.86. The first-order valence-electron chi connectivity index (χ1n) is 4.86. The minimum absolute atomic E-state index is 0.0335. The van der Waals surface area contributed by atoms with E-state index in [-0.39, 0.29) is 6.04 Å². The highest BCUT2D eigenvalue weighted by molar-refractivity contribution is 4.98. The third-order valence-electron chi connectivity index (χ3n) is 2.21. The Morgan fingerprint density at radius 3 is 2.62 bits per heavy atom. The standard InChI is InChI=1S/C9H18N4/c1-4-6-8(10)9-12-11-7(3)13(9)5-2/h8H,4-6,10H2,1-3H3/t8-/m1/s1. The molecule has 1 aromatic rings. The van der Waals surface area contributed by atoms with Gasteiger partial charge in [0.05, 0.1) is 6.04 Å². The molecule has 0 aliphatic heterocycles. The fourth-order valence-electron chi connectivity index (χ4n) is 1.50. The zero-order valence-corrected chi connectivity index (χ0v) is 8.62. The van der Waals surface area contributed by atoms with Crippen LogP contribution in [0.25, 0.3) is 0 Å². The molecule has 74 valence electrons. The molecule has 4 nitrogen and oxygen atoms in total. The van der Waals surface area contributed by atoms with E-state index in [4.69, 9.17) is 5.73 Å². The van der Waals surface area contributed by atoms with Crippen molar-refractivity contribution in [2.45, 2.75) is 46.2 Å². The Labute approximate surface area is 79.2 Å². The van der Waals surface area contributed by atoms with Crippen LogP contribution in [0.4, 0.5) is 0 Å². The van der Waals surface area contributed by atoms with E-state index >= 15 is 0 Å². The van der Waals surface area contributed by atoms with Crippen LogP contribution in [0.1, 0.15) is 44.4 Å². The van der Waals surface area contributed by atoms with Crippen molar-refractivity contribution in [3.05, 3.63) is 11.6 Å². The molecular weight excluding hydrogens is 164 g/mol. The van der Waals surface area contributed by atoms with E-state index in [1.165, 1.54) is 0 Å². The summed E-state index contributed by atoms with van der Waals surface area (Å²) in [5.41, 5.74) is 5.97. The van der Waals surface area contributed by atoms with Crippen LogP contribution in [0, 0.1) is 6.92 Å². The lowest BCUT2D eigenvalue weighted by atomic mass is 10.2. The van der Waals surface area contributed by atoms with E-state index in [1.807, 2.05) is 6.92 Å². The van der Waals surface area contributed by atoms with E-state index in [9.17, 15) is 0 Å². The topological polar surface area (TPSA) is 56.7 Å². The van der Waals surface area contributed by atoms with E-state index < -0.39 is 0 Å². The number of hydrogen-bond acceptors (Lipinski definition) is 3. The smallest absolute Gasteiger partial charge is 0.149 e. The molecule has 0 saturated carbocycles. The molecule has 1 heterocycles. The summed E-state index contributed by atoms with van der Waals surface area (Å²) in [5.74, 6) is 1.87. The summed E-state index contributed by atoms with van der Waals surface area (Å²) >= 11 is 0. The van der Waals surface area contributed by atoms with Gasteiger partial charge in [-0.1, -0.05) is 13.3 Å². The van der Waals surface area contributed by atoms with E-state index in [0.29, 0.717) is 0 Å². The van der Waals surface area contributed by atoms with Crippen LogP contribution >= 0.6 is 0 Å². The highest BCUT2D eigenvalue weighted by Gasteiger charge is 2.13. The second kappa shape index (κ2) is 4.37. The number of rotatable bonds is 4. The molecular formula is C9H18N4. The Hall–Kier alpha value is -0.900. The lowest BCUT2D eigenvalue weighted by molar-refractivity contribution is 0.555. The molecule has 0 aromatic carbocycles. The fourth-order valence-corrected chi connectivity index (χ4v) is 1.50. The molecule has 4 heteroatoms. The van der Waals surface area contributed by atoms with Gasteiger partial charge in [0, 0.05) is 6.54 Å². The molecule has 0 amide bonds. The zero-order valence-electron chi connectivity index (χ0n) is 8.62. The minimum Gasteiger partial charge on any atom is -0.321 e. The molecule has 1 rings (SSSR count). The maximum absolute atomic E-state index is 5.97. The van der Waals surface area contributed by atoms with Crippen LogP contribution < -0.4 is 5.73 Å². The van der Waals surface area contributed by atoms with Crippen molar-refractivity contribution in [3.8, 4) is 0 Å². The van der Waals surface area contributed by atoms with Crippen molar-refractivity contribution >= 4 is 0 Å². The summed E-state index contributed by atoms with van der Waals surface area (Å²) in [6.07, 6.45) is 2.05. The molecule has 0 fully saturated rings. The second-order valence-corrected chi connectivity index (χ2v) is 3.24. The molecule has 0 aliphatic rings. The molecule has 0 unspecified atom stereocenters. The first-order chi connectivity index (χ1) is 6.20. The van der Waals surface area contributed by atoms with Crippen LogP contribution in [0.5, 0.6) is 0 Å². The van der Waals surface area contributed by atoms with Gasteiger partial charge in [-0.25, -0.2) is 0 Å². The number of hydrogen-bond donors (Lipinski definition) is 1. The van der Waals surface area contributed by atoms with E-state index in [2.05, 4.69) is 28.6 Å². The minimum atomic E-state index is 0.0335. The molecule has 2 N–H and O–H groups in total. The molecule has 0 spiro atoms. The average Bonchev–Trinajstić information content (AvgIpc) is 2.47. The molecule has 1 atom stereocenters. The Kier molecular flexibility index (Phi) is 3.42. The van der Waals surface area contributed by atoms with Crippen molar-refractivity contribution in [3.63, 3.8) is 0 Å². The van der Waals surface area contributed by atoms with Gasteiger partial charge >= 0.3 is 0 Å². The van der Waals surface area contributed by atoms with Gasteiger partial charge in [-0.3, -0.25) is 0 Å². The number of aryl methyl sites for hydroxylation is 1. The molecule has 0 aliphatic carbocycles. The molecule has 13 heavy (non-hydrogen) atoms. The third-order valence-corrected chi connectivity index (χ3v) is 2.21. The Balaban J connectivity index is 2.86. The third kappa shape index (κ3) is 2.06. The first kappa shape index (κ1) is 10.2. The quantitative estimate of drug-likeness (QED) is 0.766. The normalized spacial score (nSPS) is 13.2. The van der Waals surface area contributed by atoms with Crippen LogP contribution in [-0.4, -0.2) is 14.8 Å². The predicted molar refractivity (Wildman–Crippen MR) is 52.3 cm³/mol. The number of aromatic nitrogens is 3. The van der Waals surface area contributed by atoms with Gasteiger partial charge in [0.25, 0.3) is 0 Å². The Bertz CT molecular complexity index is 267. The fraction of sp³-hybridized carbons (Fsp3) is 0.778. The second-order valence-electron chi connectivity index (χ2n) is 3.24. The van der Waals surface area contributed by atoms with Gasteiger partial charge in [-0.2, -0.15) is 0 Å². The van der Waals surface area contributed by atoms with Gasteiger partial charge < -0.3 is 10.3 Å². The lowest BCUT2D eigenvalue weighted by Gasteiger charge is -2.11. The van der Waals surface area contributed by atoms with Crippen molar-refractivity contribution in [2.24, 2.45) is 5.73 Å². The van der Waals surface area contributed by atoms with Gasteiger partial charge in [-0.15, -0.1) is 10.2 Å². The lowest BCUT2D eigenvalue weighted by Crippen LogP contribution is -2.16. The van der Waals surface area contributed by atoms with Gasteiger partial charge in [-0.05, 0) is 20.3 Å². The average molecular weight is 182 g/mol. The van der Waals surface area contributed by atoms with Crippen molar-refractivity contribution in [2.75, 3.05) is 0 Å². The summed E-state index contributed by atoms with van der Waals surface area (Å²) in [6.45, 7) is 7.06. The maximum Gasteiger partial charge on any atom is 0.149 e. The Morgan fingerprint density at radius 2 is 2.08 bits per heavy atom. The van der Waals surface area contributed by atoms with Crippen LogP contribution in [-0.2, 0) is 6.54 Å². The predicted octanol–water partition coefficient (Wildman–Crippen LogP) is 1.41.